The molecule has 2 aromatic rings. The summed E-state index contributed by atoms with van der Waals surface area (Å²) in [6.07, 6.45) is 4.83. The molecule has 5 rings (SSSR count). The van der Waals surface area contributed by atoms with Crippen molar-refractivity contribution in [3.63, 3.8) is 0 Å². The third kappa shape index (κ3) is 3.39. The van der Waals surface area contributed by atoms with E-state index in [1.165, 1.54) is 0 Å². The highest BCUT2D eigenvalue weighted by molar-refractivity contribution is 6.05. The fraction of sp³-hybridized carbons (Fsp3) is 0.429. The molecule has 1 saturated heterocycles. The molecule has 2 unspecified atom stereocenters. The van der Waals surface area contributed by atoms with Gasteiger partial charge in [-0.05, 0) is 56.4 Å². The van der Waals surface area contributed by atoms with E-state index >= 15 is 0 Å². The fourth-order valence-electron chi connectivity index (χ4n) is 4.20. The van der Waals surface area contributed by atoms with E-state index in [0.717, 1.165) is 38.0 Å². The van der Waals surface area contributed by atoms with Crippen LogP contribution in [0.25, 0.3) is 0 Å². The van der Waals surface area contributed by atoms with E-state index in [4.69, 9.17) is 0 Å². The molecule has 4 heterocycles. The zero-order chi connectivity index (χ0) is 20.0. The second-order valence-electron chi connectivity index (χ2n) is 8.04. The van der Waals surface area contributed by atoms with Crippen LogP contribution in [0, 0.1) is 5.92 Å². The maximum Gasteiger partial charge on any atom is 0.329 e. The molecule has 8 heteroatoms. The van der Waals surface area contributed by atoms with Crippen molar-refractivity contribution in [1.29, 1.82) is 0 Å². The van der Waals surface area contributed by atoms with Gasteiger partial charge in [-0.1, -0.05) is 6.07 Å². The van der Waals surface area contributed by atoms with Crippen LogP contribution in [-0.4, -0.2) is 47.1 Å². The summed E-state index contributed by atoms with van der Waals surface area (Å²) in [5.41, 5.74) is 1.23. The highest BCUT2D eigenvalue weighted by Gasteiger charge is 2.40. The molecule has 29 heavy (non-hydrogen) atoms. The van der Waals surface area contributed by atoms with Crippen molar-refractivity contribution in [1.82, 2.24) is 15.3 Å². The minimum absolute atomic E-state index is 0.0300. The Morgan fingerprint density at radius 2 is 2.03 bits per heavy atom. The van der Waals surface area contributed by atoms with Gasteiger partial charge in [-0.3, -0.25) is 15.0 Å². The van der Waals surface area contributed by atoms with E-state index in [9.17, 15) is 9.59 Å². The average molecular weight is 392 g/mol. The lowest BCUT2D eigenvalue weighted by Gasteiger charge is -2.35. The van der Waals surface area contributed by atoms with Crippen molar-refractivity contribution in [2.24, 2.45) is 5.92 Å². The Morgan fingerprint density at radius 3 is 2.79 bits per heavy atom. The van der Waals surface area contributed by atoms with Crippen LogP contribution < -0.4 is 20.4 Å². The van der Waals surface area contributed by atoms with Gasteiger partial charge in [0.05, 0.1) is 11.7 Å². The van der Waals surface area contributed by atoms with Crippen LogP contribution in [0.2, 0.25) is 0 Å². The molecule has 150 valence electrons. The van der Waals surface area contributed by atoms with Crippen molar-refractivity contribution >= 4 is 29.3 Å². The maximum atomic E-state index is 13.1. The second-order valence-corrected chi connectivity index (χ2v) is 8.04. The van der Waals surface area contributed by atoms with E-state index in [1.807, 2.05) is 19.1 Å². The van der Waals surface area contributed by atoms with Gasteiger partial charge in [0.1, 0.15) is 11.5 Å². The standard InChI is InChI=1S/C21H24N6O2/c1-13(14-5-6-14)23-20(28)16-7-8-17-19(24-16)27(15-9-11-26(17)12-15)21(29)25-18-4-2-3-10-22-18/h2-4,7-8,10,13-15H,5-6,9,11-12H2,1H3,(H,23,28)(H,22,25,29). The van der Waals surface area contributed by atoms with Gasteiger partial charge in [0.15, 0.2) is 5.82 Å². The van der Waals surface area contributed by atoms with Gasteiger partial charge >= 0.3 is 6.03 Å². The lowest BCUT2D eigenvalue weighted by atomic mass is 10.1. The van der Waals surface area contributed by atoms with Gasteiger partial charge < -0.3 is 10.2 Å². The summed E-state index contributed by atoms with van der Waals surface area (Å²) >= 11 is 0. The van der Waals surface area contributed by atoms with Gasteiger partial charge in [0.2, 0.25) is 0 Å². The number of nitrogens with one attached hydrogen (secondary N) is 2. The molecule has 2 atom stereocenters. The molecule has 3 amide bonds. The van der Waals surface area contributed by atoms with E-state index in [0.29, 0.717) is 23.2 Å². The van der Waals surface area contributed by atoms with Crippen molar-refractivity contribution in [2.45, 2.75) is 38.3 Å². The number of anilines is 3. The molecular formula is C21H24N6O2. The molecule has 0 radical (unpaired) electrons. The molecular weight excluding hydrogens is 368 g/mol. The molecule has 0 spiro atoms. The van der Waals surface area contributed by atoms with Crippen molar-refractivity contribution < 1.29 is 9.59 Å². The number of pyridine rings is 2. The topological polar surface area (TPSA) is 90.5 Å². The lowest BCUT2D eigenvalue weighted by Crippen LogP contribution is -2.48. The van der Waals surface area contributed by atoms with Crippen LogP contribution in [0.3, 0.4) is 0 Å². The first-order valence-electron chi connectivity index (χ1n) is 10.2. The first-order chi connectivity index (χ1) is 14.1. The number of amides is 3. The van der Waals surface area contributed by atoms with Gasteiger partial charge in [-0.2, -0.15) is 0 Å². The van der Waals surface area contributed by atoms with Crippen LogP contribution in [0.5, 0.6) is 0 Å². The molecule has 1 saturated carbocycles. The number of rotatable bonds is 4. The quantitative estimate of drug-likeness (QED) is 0.835. The number of hydrogen-bond donors (Lipinski definition) is 2. The highest BCUT2D eigenvalue weighted by atomic mass is 16.2. The summed E-state index contributed by atoms with van der Waals surface area (Å²) in [7, 11) is 0. The normalized spacial score (nSPS) is 20.8. The Bertz CT molecular complexity index is 945. The predicted octanol–water partition coefficient (Wildman–Crippen LogP) is 2.64. The summed E-state index contributed by atoms with van der Waals surface area (Å²) in [5, 5.41) is 5.90. The van der Waals surface area contributed by atoms with Crippen molar-refractivity contribution in [3.8, 4) is 0 Å². The first kappa shape index (κ1) is 17.9. The van der Waals surface area contributed by atoms with E-state index in [-0.39, 0.29) is 24.0 Å². The van der Waals surface area contributed by atoms with Crippen LogP contribution in [0.15, 0.2) is 36.5 Å². The first-order valence-corrected chi connectivity index (χ1v) is 10.2. The SMILES string of the molecule is CC(NC(=O)c1ccc2c(n1)N(C(=O)Nc1ccccn1)C1CCN2C1)C1CC1. The number of carbonyl (C=O) groups is 2. The number of aromatic nitrogens is 2. The van der Waals surface area contributed by atoms with E-state index in [2.05, 4.69) is 25.5 Å². The monoisotopic (exact) mass is 392 g/mol. The van der Waals surface area contributed by atoms with Crippen molar-refractivity contribution in [2.75, 3.05) is 28.2 Å². The smallest absolute Gasteiger partial charge is 0.329 e. The number of hydrogen-bond acceptors (Lipinski definition) is 5. The molecule has 2 bridgehead atoms. The van der Waals surface area contributed by atoms with Crippen LogP contribution >= 0.6 is 0 Å². The van der Waals surface area contributed by atoms with Gasteiger partial charge in [0.25, 0.3) is 5.91 Å². The number of nitrogens with zero attached hydrogens (tertiary/aromatic N) is 4. The highest BCUT2D eigenvalue weighted by Crippen LogP contribution is 2.39. The Labute approximate surface area is 169 Å². The van der Waals surface area contributed by atoms with Crippen LogP contribution in [-0.2, 0) is 0 Å². The fourth-order valence-corrected chi connectivity index (χ4v) is 4.20. The molecule has 2 N–H and O–H groups in total. The number of carbonyl (C=O) groups excluding carboxylic acids is 2. The molecule has 0 aromatic carbocycles. The third-order valence-corrected chi connectivity index (χ3v) is 5.99. The summed E-state index contributed by atoms with van der Waals surface area (Å²) < 4.78 is 0. The zero-order valence-corrected chi connectivity index (χ0v) is 16.3. The molecule has 2 fully saturated rings. The summed E-state index contributed by atoms with van der Waals surface area (Å²) in [6, 6.07) is 8.93. The Kier molecular flexibility index (Phi) is 4.34. The molecule has 2 aliphatic heterocycles. The Morgan fingerprint density at radius 1 is 1.17 bits per heavy atom. The molecule has 3 aliphatic rings. The Hall–Kier alpha value is -3.16. The van der Waals surface area contributed by atoms with Gasteiger partial charge in [-0.25, -0.2) is 14.8 Å². The van der Waals surface area contributed by atoms with Gasteiger partial charge in [0, 0.05) is 25.3 Å². The second kappa shape index (κ2) is 7.02. The summed E-state index contributed by atoms with van der Waals surface area (Å²) in [5.74, 6) is 1.41. The largest absolute Gasteiger partial charge is 0.366 e. The van der Waals surface area contributed by atoms with E-state index in [1.54, 1.807) is 29.3 Å². The third-order valence-electron chi connectivity index (χ3n) is 5.99. The number of urea groups is 1. The van der Waals surface area contributed by atoms with Crippen LogP contribution in [0.1, 0.15) is 36.7 Å². The van der Waals surface area contributed by atoms with E-state index < -0.39 is 0 Å². The summed E-state index contributed by atoms with van der Waals surface area (Å²) in [4.78, 5) is 38.5. The Balaban J connectivity index is 1.43. The molecule has 1 aliphatic carbocycles. The minimum atomic E-state index is -0.270. The average Bonchev–Trinajstić information content (AvgIpc) is 3.50. The van der Waals surface area contributed by atoms with Crippen LogP contribution in [0.4, 0.5) is 22.1 Å². The minimum Gasteiger partial charge on any atom is -0.366 e. The lowest BCUT2D eigenvalue weighted by molar-refractivity contribution is 0.0930. The molecule has 2 aromatic heterocycles. The molecule has 8 nitrogen and oxygen atoms in total. The van der Waals surface area contributed by atoms with Gasteiger partial charge in [-0.15, -0.1) is 0 Å². The van der Waals surface area contributed by atoms with Crippen molar-refractivity contribution in [3.05, 3.63) is 42.2 Å². The maximum absolute atomic E-state index is 13.1. The number of fused-ring (bicyclic) bond motifs is 4. The summed E-state index contributed by atoms with van der Waals surface area (Å²) in [6.45, 7) is 3.68. The predicted molar refractivity (Wildman–Crippen MR) is 110 cm³/mol. The zero-order valence-electron chi connectivity index (χ0n) is 16.3.